The molecular formula is C27H38NO4Si-. The van der Waals surface area contributed by atoms with Gasteiger partial charge in [-0.2, -0.15) is 0 Å². The average molecular weight is 469 g/mol. The van der Waals surface area contributed by atoms with Gasteiger partial charge in [0.25, 0.3) is 8.32 Å². The summed E-state index contributed by atoms with van der Waals surface area (Å²) in [6, 6.07) is 19.5. The molecule has 180 valence electrons. The molecule has 0 heterocycles. The van der Waals surface area contributed by atoms with Crippen LogP contribution in [0.15, 0.2) is 73.3 Å². The van der Waals surface area contributed by atoms with E-state index in [4.69, 9.17) is 4.43 Å². The number of hydrogen-bond donors (Lipinski definition) is 1. The molecule has 33 heavy (non-hydrogen) atoms. The van der Waals surface area contributed by atoms with Crippen molar-refractivity contribution in [2.45, 2.75) is 70.7 Å². The van der Waals surface area contributed by atoms with Crippen LogP contribution in [0.3, 0.4) is 0 Å². The number of nitrogens with zero attached hydrogens (tertiary/aromatic N) is 1. The number of carbonyl (C=O) groups excluding carboxylic acids is 1. The highest BCUT2D eigenvalue weighted by molar-refractivity contribution is 6.99. The third-order valence-electron chi connectivity index (χ3n) is 5.99. The molecule has 0 saturated heterocycles. The largest absolute Gasteiger partial charge is 0.530 e. The minimum atomic E-state index is -2.90. The minimum Gasteiger partial charge on any atom is -0.530 e. The van der Waals surface area contributed by atoms with Gasteiger partial charge in [0.1, 0.15) is 6.09 Å². The Morgan fingerprint density at radius 3 is 1.82 bits per heavy atom. The molecule has 0 aliphatic carbocycles. The molecule has 6 heteroatoms. The van der Waals surface area contributed by atoms with Gasteiger partial charge in [-0.25, -0.2) is 0 Å². The Morgan fingerprint density at radius 1 is 1.03 bits per heavy atom. The van der Waals surface area contributed by atoms with Crippen molar-refractivity contribution in [1.29, 1.82) is 0 Å². The topological polar surface area (TPSA) is 72.8 Å². The fourth-order valence-corrected chi connectivity index (χ4v) is 9.14. The quantitative estimate of drug-likeness (QED) is 0.453. The van der Waals surface area contributed by atoms with Crippen LogP contribution in [0.2, 0.25) is 5.04 Å². The Labute approximate surface area is 199 Å². The molecule has 2 aromatic rings. The molecule has 1 N–H and O–H groups in total. The molecule has 2 aromatic carbocycles. The van der Waals surface area contributed by atoms with E-state index in [0.29, 0.717) is 0 Å². The van der Waals surface area contributed by atoms with Gasteiger partial charge >= 0.3 is 0 Å². The fourth-order valence-electron chi connectivity index (χ4n) is 4.56. The van der Waals surface area contributed by atoms with Gasteiger partial charge in [-0.3, -0.25) is 0 Å². The van der Waals surface area contributed by atoms with E-state index in [-0.39, 0.29) is 18.1 Å². The summed E-state index contributed by atoms with van der Waals surface area (Å²) in [5, 5.41) is 25.1. The molecule has 1 amide bonds. The van der Waals surface area contributed by atoms with Crippen molar-refractivity contribution in [2.75, 3.05) is 6.61 Å². The first-order chi connectivity index (χ1) is 15.4. The first-order valence-corrected chi connectivity index (χ1v) is 13.3. The fraction of sp³-hybridized carbons (Fsp3) is 0.444. The zero-order valence-corrected chi connectivity index (χ0v) is 21.7. The number of aliphatic hydroxyl groups excluding tert-OH is 1. The molecule has 0 spiro atoms. The molecule has 2 atom stereocenters. The molecule has 0 radical (unpaired) electrons. The third kappa shape index (κ3) is 5.94. The summed E-state index contributed by atoms with van der Waals surface area (Å²) >= 11 is 0. The van der Waals surface area contributed by atoms with E-state index in [1.165, 1.54) is 4.90 Å². The number of benzene rings is 2. The molecular weight excluding hydrogens is 430 g/mol. The maximum absolute atomic E-state index is 12.2. The number of carbonyl (C=O) groups is 1. The monoisotopic (exact) mass is 468 g/mol. The summed E-state index contributed by atoms with van der Waals surface area (Å²) in [5.74, 6) is 0. The summed E-state index contributed by atoms with van der Waals surface area (Å²) in [6.45, 7) is 15.6. The van der Waals surface area contributed by atoms with Gasteiger partial charge in [-0.05, 0) is 42.6 Å². The SMILES string of the molecule is C=CC[C@H](O)[C@H](CO[Si](c1ccccc1)(c1ccccc1)C(C)(C)C)N(C(=O)[O-])C(C)(C)C. The smallest absolute Gasteiger partial charge is 0.261 e. The highest BCUT2D eigenvalue weighted by Crippen LogP contribution is 2.37. The van der Waals surface area contributed by atoms with Crippen LogP contribution in [0.25, 0.3) is 0 Å². The molecule has 0 aliphatic rings. The Morgan fingerprint density at radius 2 is 1.48 bits per heavy atom. The lowest BCUT2D eigenvalue weighted by Crippen LogP contribution is -2.69. The third-order valence-corrected chi connectivity index (χ3v) is 11.0. The van der Waals surface area contributed by atoms with Gasteiger partial charge in [0, 0.05) is 5.54 Å². The standard InChI is InChI=1S/C27H39NO4Si/c1-8-15-24(29)23(28(25(30)31)26(2,3)4)20-32-33(27(5,6)7,21-16-11-9-12-17-21)22-18-13-10-14-19-22/h8-14,16-19,23-24,29H,1,15,20H2,2-7H3,(H,30,31)/p-1/t23-,24-/m0/s1. The van der Waals surface area contributed by atoms with Crippen LogP contribution in [0.5, 0.6) is 0 Å². The Hall–Kier alpha value is -2.41. The van der Waals surface area contributed by atoms with Crippen LogP contribution in [0, 0.1) is 0 Å². The lowest BCUT2D eigenvalue weighted by atomic mass is 9.99. The molecule has 0 unspecified atom stereocenters. The van der Waals surface area contributed by atoms with E-state index in [1.54, 1.807) is 26.8 Å². The lowest BCUT2D eigenvalue weighted by Gasteiger charge is -2.48. The normalized spacial score (nSPS) is 14.4. The zero-order valence-electron chi connectivity index (χ0n) is 20.7. The van der Waals surface area contributed by atoms with Crippen molar-refractivity contribution in [3.63, 3.8) is 0 Å². The van der Waals surface area contributed by atoms with Crippen molar-refractivity contribution in [3.8, 4) is 0 Å². The molecule has 0 aromatic heterocycles. The predicted octanol–water partition coefficient (Wildman–Crippen LogP) is 3.31. The minimum absolute atomic E-state index is 0.0353. The maximum atomic E-state index is 12.2. The van der Waals surface area contributed by atoms with Gasteiger partial charge in [-0.15, -0.1) is 6.58 Å². The van der Waals surface area contributed by atoms with Crippen LogP contribution in [0.4, 0.5) is 4.79 Å². The van der Waals surface area contributed by atoms with E-state index >= 15 is 0 Å². The van der Waals surface area contributed by atoms with E-state index in [2.05, 4.69) is 51.6 Å². The van der Waals surface area contributed by atoms with Gasteiger partial charge in [0.2, 0.25) is 0 Å². The molecule has 0 fully saturated rings. The van der Waals surface area contributed by atoms with Crippen molar-refractivity contribution in [3.05, 3.63) is 73.3 Å². The summed E-state index contributed by atoms with van der Waals surface area (Å²) in [7, 11) is -2.90. The van der Waals surface area contributed by atoms with Gasteiger partial charge in [-0.1, -0.05) is 87.5 Å². The molecule has 0 saturated carbocycles. The number of amides is 1. The van der Waals surface area contributed by atoms with E-state index in [1.807, 2.05) is 36.4 Å². The van der Waals surface area contributed by atoms with Crippen molar-refractivity contribution in [2.24, 2.45) is 0 Å². The zero-order chi connectivity index (χ0) is 24.9. The number of carboxylic acid groups (broad SMARTS) is 1. The van der Waals surface area contributed by atoms with Crippen LogP contribution < -0.4 is 15.5 Å². The second kappa shape index (κ2) is 10.7. The van der Waals surface area contributed by atoms with Crippen LogP contribution in [0.1, 0.15) is 48.0 Å². The highest BCUT2D eigenvalue weighted by atomic mass is 28.4. The predicted molar refractivity (Wildman–Crippen MR) is 135 cm³/mol. The first-order valence-electron chi connectivity index (χ1n) is 11.4. The van der Waals surface area contributed by atoms with Crippen molar-refractivity contribution < 1.29 is 19.4 Å². The molecule has 0 aliphatic heterocycles. The maximum Gasteiger partial charge on any atom is 0.261 e. The van der Waals surface area contributed by atoms with Gasteiger partial charge < -0.3 is 24.3 Å². The molecule has 5 nitrogen and oxygen atoms in total. The summed E-state index contributed by atoms with van der Waals surface area (Å²) in [4.78, 5) is 13.4. The molecule has 0 bridgehead atoms. The van der Waals surface area contributed by atoms with Gasteiger partial charge in [0.05, 0.1) is 18.8 Å². The summed E-state index contributed by atoms with van der Waals surface area (Å²) in [6.07, 6.45) is -0.467. The summed E-state index contributed by atoms with van der Waals surface area (Å²) < 4.78 is 6.93. The van der Waals surface area contributed by atoms with Gasteiger partial charge in [0.15, 0.2) is 0 Å². The molecule has 2 rings (SSSR count). The lowest BCUT2D eigenvalue weighted by molar-refractivity contribution is -0.276. The average Bonchev–Trinajstić information content (AvgIpc) is 2.72. The van der Waals surface area contributed by atoms with Crippen LogP contribution in [-0.4, -0.2) is 48.7 Å². The van der Waals surface area contributed by atoms with E-state index in [0.717, 1.165) is 10.4 Å². The van der Waals surface area contributed by atoms with Crippen LogP contribution >= 0.6 is 0 Å². The Balaban J connectivity index is 2.65. The first kappa shape index (κ1) is 26.8. The second-order valence-corrected chi connectivity index (χ2v) is 14.7. The number of hydrogen-bond acceptors (Lipinski definition) is 4. The number of aliphatic hydroxyl groups is 1. The number of rotatable bonds is 9. The summed E-state index contributed by atoms with van der Waals surface area (Å²) in [5.41, 5.74) is -0.777. The van der Waals surface area contributed by atoms with E-state index < -0.39 is 32.1 Å². The Bertz CT molecular complexity index is 864. The van der Waals surface area contributed by atoms with Crippen molar-refractivity contribution >= 4 is 24.8 Å². The van der Waals surface area contributed by atoms with E-state index in [9.17, 15) is 15.0 Å². The van der Waals surface area contributed by atoms with Crippen molar-refractivity contribution in [1.82, 2.24) is 4.90 Å². The second-order valence-electron chi connectivity index (χ2n) is 10.4. The van der Waals surface area contributed by atoms with Crippen LogP contribution in [-0.2, 0) is 4.43 Å². The highest BCUT2D eigenvalue weighted by Gasteiger charge is 2.51. The Kier molecular flexibility index (Phi) is 8.68.